The zero-order valence-corrected chi connectivity index (χ0v) is 10.7. The summed E-state index contributed by atoms with van der Waals surface area (Å²) in [6.45, 7) is 0.710. The van der Waals surface area contributed by atoms with Gasteiger partial charge in [-0.25, -0.2) is 10.8 Å². The van der Waals surface area contributed by atoms with Crippen LogP contribution in [0.3, 0.4) is 0 Å². The molecule has 0 aliphatic rings. The molecule has 3 N–H and O–H groups in total. The first-order valence-corrected chi connectivity index (χ1v) is 5.82. The van der Waals surface area contributed by atoms with Crippen molar-refractivity contribution in [1.29, 1.82) is 0 Å². The molecule has 0 unspecified atom stereocenters. The summed E-state index contributed by atoms with van der Waals surface area (Å²) < 4.78 is 0. The lowest BCUT2D eigenvalue weighted by atomic mass is 10.2. The molecule has 0 aliphatic heterocycles. The quantitative estimate of drug-likeness (QED) is 0.653. The van der Waals surface area contributed by atoms with Crippen molar-refractivity contribution in [2.24, 2.45) is 5.84 Å². The van der Waals surface area contributed by atoms with Crippen LogP contribution in [-0.4, -0.2) is 17.0 Å². The van der Waals surface area contributed by atoms with E-state index in [1.807, 2.05) is 42.3 Å². The van der Waals surface area contributed by atoms with Crippen molar-refractivity contribution >= 4 is 23.4 Å². The van der Waals surface area contributed by atoms with E-state index in [1.165, 1.54) is 11.8 Å². The highest BCUT2D eigenvalue weighted by Gasteiger charge is 2.10. The van der Waals surface area contributed by atoms with Crippen molar-refractivity contribution in [3.63, 3.8) is 0 Å². The number of halogens is 1. The molecule has 0 saturated heterocycles. The summed E-state index contributed by atoms with van der Waals surface area (Å²) in [5.74, 6) is 6.27. The van der Waals surface area contributed by atoms with Gasteiger partial charge in [-0.2, -0.15) is 4.98 Å². The Morgan fingerprint density at radius 3 is 2.72 bits per heavy atom. The molecule has 1 heterocycles. The number of hydrazine groups is 1. The molecule has 18 heavy (non-hydrogen) atoms. The van der Waals surface area contributed by atoms with Crippen LogP contribution >= 0.6 is 11.6 Å². The van der Waals surface area contributed by atoms with Gasteiger partial charge in [0.25, 0.3) is 0 Å². The number of nitrogen functional groups attached to an aromatic ring is 1. The van der Waals surface area contributed by atoms with Gasteiger partial charge in [0.2, 0.25) is 5.95 Å². The fourth-order valence-electron chi connectivity index (χ4n) is 1.63. The van der Waals surface area contributed by atoms with Gasteiger partial charge in [-0.3, -0.25) is 5.43 Å². The van der Waals surface area contributed by atoms with Gasteiger partial charge in [0.05, 0.1) is 6.20 Å². The second-order valence-electron chi connectivity index (χ2n) is 3.85. The lowest BCUT2D eigenvalue weighted by Crippen LogP contribution is -2.20. The van der Waals surface area contributed by atoms with E-state index in [0.717, 1.165) is 0 Å². The van der Waals surface area contributed by atoms with Gasteiger partial charge in [0, 0.05) is 13.6 Å². The first-order valence-electron chi connectivity index (χ1n) is 5.45. The maximum Gasteiger partial charge on any atom is 0.239 e. The van der Waals surface area contributed by atoms with Gasteiger partial charge in [-0.1, -0.05) is 41.9 Å². The predicted octanol–water partition coefficient (Wildman–Crippen LogP) is 2.05. The third kappa shape index (κ3) is 2.88. The van der Waals surface area contributed by atoms with Gasteiger partial charge >= 0.3 is 0 Å². The van der Waals surface area contributed by atoms with E-state index in [-0.39, 0.29) is 0 Å². The number of hydrogen-bond acceptors (Lipinski definition) is 5. The number of nitrogens with zero attached hydrogens (tertiary/aromatic N) is 3. The molecule has 0 atom stereocenters. The van der Waals surface area contributed by atoms with Crippen molar-refractivity contribution < 1.29 is 0 Å². The molecule has 2 rings (SSSR count). The molecular formula is C12H14ClN5. The van der Waals surface area contributed by atoms with Crippen LogP contribution in [0, 0.1) is 0 Å². The summed E-state index contributed by atoms with van der Waals surface area (Å²) in [5.41, 5.74) is 3.58. The summed E-state index contributed by atoms with van der Waals surface area (Å²) in [6.07, 6.45) is 1.53. The number of benzene rings is 1. The van der Waals surface area contributed by atoms with E-state index in [0.29, 0.717) is 23.3 Å². The van der Waals surface area contributed by atoms with Gasteiger partial charge in [-0.15, -0.1) is 0 Å². The Labute approximate surface area is 111 Å². The average molecular weight is 264 g/mol. The molecule has 2 aromatic rings. The molecule has 0 bridgehead atoms. The van der Waals surface area contributed by atoms with Crippen LogP contribution in [0.25, 0.3) is 0 Å². The second kappa shape index (κ2) is 5.66. The summed E-state index contributed by atoms with van der Waals surface area (Å²) in [7, 11) is 1.92. The van der Waals surface area contributed by atoms with Crippen LogP contribution in [-0.2, 0) is 6.54 Å². The van der Waals surface area contributed by atoms with Crippen molar-refractivity contribution in [1.82, 2.24) is 9.97 Å². The minimum Gasteiger partial charge on any atom is -0.354 e. The highest BCUT2D eigenvalue weighted by Crippen LogP contribution is 2.23. The SMILES string of the molecule is CN(Cc1ccccc1)c1nc(NN)ncc1Cl. The standard InChI is InChI=1S/C12H14ClN5/c1-18(8-9-5-3-2-4-6-9)11-10(13)7-15-12(16-11)17-14/h2-7H,8,14H2,1H3,(H,15,16,17). The van der Waals surface area contributed by atoms with E-state index in [2.05, 4.69) is 15.4 Å². The fraction of sp³-hybridized carbons (Fsp3) is 0.167. The number of rotatable bonds is 4. The van der Waals surface area contributed by atoms with E-state index in [1.54, 1.807) is 0 Å². The van der Waals surface area contributed by atoms with Crippen LogP contribution < -0.4 is 16.2 Å². The Balaban J connectivity index is 2.20. The van der Waals surface area contributed by atoms with Gasteiger partial charge in [-0.05, 0) is 5.56 Å². The summed E-state index contributed by atoms with van der Waals surface area (Å²) in [5, 5.41) is 0.493. The Kier molecular flexibility index (Phi) is 3.96. The van der Waals surface area contributed by atoms with Gasteiger partial charge in [0.1, 0.15) is 5.02 Å². The van der Waals surface area contributed by atoms with Gasteiger partial charge < -0.3 is 4.90 Å². The number of aromatic nitrogens is 2. The van der Waals surface area contributed by atoms with Crippen molar-refractivity contribution in [3.05, 3.63) is 47.1 Å². The van der Waals surface area contributed by atoms with Crippen molar-refractivity contribution in [2.75, 3.05) is 17.4 Å². The molecule has 1 aromatic carbocycles. The molecule has 0 amide bonds. The molecule has 0 radical (unpaired) electrons. The van der Waals surface area contributed by atoms with E-state index in [9.17, 15) is 0 Å². The summed E-state index contributed by atoms with van der Waals surface area (Å²) in [4.78, 5) is 10.1. The van der Waals surface area contributed by atoms with Crippen LogP contribution in [0.4, 0.5) is 11.8 Å². The lowest BCUT2D eigenvalue weighted by Gasteiger charge is -2.19. The number of anilines is 2. The number of nitrogens with one attached hydrogen (secondary N) is 1. The molecular weight excluding hydrogens is 250 g/mol. The Morgan fingerprint density at radius 2 is 2.06 bits per heavy atom. The maximum atomic E-state index is 6.08. The van der Waals surface area contributed by atoms with Crippen molar-refractivity contribution in [2.45, 2.75) is 6.54 Å². The molecule has 0 spiro atoms. The van der Waals surface area contributed by atoms with E-state index < -0.39 is 0 Å². The molecule has 5 nitrogen and oxygen atoms in total. The van der Waals surface area contributed by atoms with E-state index >= 15 is 0 Å². The maximum absolute atomic E-state index is 6.08. The highest BCUT2D eigenvalue weighted by atomic mass is 35.5. The summed E-state index contributed by atoms with van der Waals surface area (Å²) >= 11 is 6.08. The normalized spacial score (nSPS) is 10.2. The minimum atomic E-state index is 0.342. The highest BCUT2D eigenvalue weighted by molar-refractivity contribution is 6.32. The predicted molar refractivity (Wildman–Crippen MR) is 73.4 cm³/mol. The summed E-state index contributed by atoms with van der Waals surface area (Å²) in [6, 6.07) is 10.1. The molecule has 94 valence electrons. The van der Waals surface area contributed by atoms with Gasteiger partial charge in [0.15, 0.2) is 5.82 Å². The van der Waals surface area contributed by atoms with Crippen LogP contribution in [0.2, 0.25) is 5.02 Å². The first-order chi connectivity index (χ1) is 8.70. The third-order valence-corrected chi connectivity index (χ3v) is 2.75. The average Bonchev–Trinajstić information content (AvgIpc) is 2.40. The zero-order chi connectivity index (χ0) is 13.0. The van der Waals surface area contributed by atoms with E-state index in [4.69, 9.17) is 17.4 Å². The zero-order valence-electron chi connectivity index (χ0n) is 9.97. The smallest absolute Gasteiger partial charge is 0.239 e. The fourth-order valence-corrected chi connectivity index (χ4v) is 1.86. The Hall–Kier alpha value is -1.85. The monoisotopic (exact) mass is 263 g/mol. The largest absolute Gasteiger partial charge is 0.354 e. The lowest BCUT2D eigenvalue weighted by molar-refractivity contribution is 0.891. The molecule has 0 fully saturated rings. The molecule has 0 saturated carbocycles. The van der Waals surface area contributed by atoms with Crippen LogP contribution in [0.1, 0.15) is 5.56 Å². The second-order valence-corrected chi connectivity index (χ2v) is 4.26. The Morgan fingerprint density at radius 1 is 1.33 bits per heavy atom. The topological polar surface area (TPSA) is 67.1 Å². The first kappa shape index (κ1) is 12.6. The van der Waals surface area contributed by atoms with Crippen molar-refractivity contribution in [3.8, 4) is 0 Å². The van der Waals surface area contributed by atoms with Crippen LogP contribution in [0.5, 0.6) is 0 Å². The van der Waals surface area contributed by atoms with Crippen LogP contribution in [0.15, 0.2) is 36.5 Å². The molecule has 0 aliphatic carbocycles. The Bertz CT molecular complexity index is 517. The third-order valence-electron chi connectivity index (χ3n) is 2.48. The molecule has 6 heteroatoms. The number of hydrogen-bond donors (Lipinski definition) is 2. The minimum absolute atomic E-state index is 0.342. The number of nitrogens with two attached hydrogens (primary N) is 1. The molecule has 1 aromatic heterocycles.